The van der Waals surface area contributed by atoms with Crippen LogP contribution >= 0.6 is 0 Å². The lowest BCUT2D eigenvalue weighted by Gasteiger charge is -2.23. The summed E-state index contributed by atoms with van der Waals surface area (Å²) in [5.41, 5.74) is 9.89. The molecule has 0 aliphatic carbocycles. The number of fused-ring (bicyclic) bond motifs is 3. The van der Waals surface area contributed by atoms with Crippen molar-refractivity contribution in [3.05, 3.63) is 66.1 Å². The summed E-state index contributed by atoms with van der Waals surface area (Å²) in [5, 5.41) is 10.1. The second-order valence-electron chi connectivity index (χ2n) is 6.02. The molecule has 3 heterocycles. The molecule has 2 aromatic heterocycles. The first-order valence-corrected chi connectivity index (χ1v) is 8.07. The minimum absolute atomic E-state index is 0.268. The Balaban J connectivity index is 1.73. The van der Waals surface area contributed by atoms with Gasteiger partial charge in [-0.2, -0.15) is 5.10 Å². The third-order valence-electron chi connectivity index (χ3n) is 4.40. The molecule has 1 atom stereocenters. The summed E-state index contributed by atoms with van der Waals surface area (Å²) in [4.78, 5) is 9.13. The van der Waals surface area contributed by atoms with Crippen LogP contribution in [0.3, 0.4) is 0 Å². The number of aromatic amines is 1. The molecule has 26 heavy (non-hydrogen) atoms. The van der Waals surface area contributed by atoms with Gasteiger partial charge in [0, 0.05) is 11.1 Å². The van der Waals surface area contributed by atoms with Gasteiger partial charge in [0.15, 0.2) is 12.1 Å². The van der Waals surface area contributed by atoms with Crippen molar-refractivity contribution in [3.63, 3.8) is 0 Å². The van der Waals surface area contributed by atoms with Crippen LogP contribution in [0.4, 0.5) is 10.3 Å². The molecule has 8 heteroatoms. The molecule has 0 unspecified atom stereocenters. The molecule has 0 saturated heterocycles. The minimum Gasteiger partial charge on any atom is -0.370 e. The zero-order chi connectivity index (χ0) is 17.7. The van der Waals surface area contributed by atoms with Crippen LogP contribution in [0.25, 0.3) is 22.3 Å². The van der Waals surface area contributed by atoms with Crippen LogP contribution in [0.1, 0.15) is 11.7 Å². The number of benzene rings is 2. The van der Waals surface area contributed by atoms with Gasteiger partial charge in [0.25, 0.3) is 0 Å². The number of hydrogen-bond acceptors (Lipinski definition) is 5. The number of aliphatic imine (C=N–C) groups is 1. The maximum Gasteiger partial charge on any atom is 0.212 e. The molecule has 0 fully saturated rings. The van der Waals surface area contributed by atoms with Crippen molar-refractivity contribution in [1.29, 1.82) is 0 Å². The SMILES string of the molecule is NC1=N[C@@H](c2cn[nH]c2-c2cccc(F)c2)n2c(nc3ccccc32)N1. The Morgan fingerprint density at radius 3 is 2.88 bits per heavy atom. The largest absolute Gasteiger partial charge is 0.370 e. The zero-order valence-electron chi connectivity index (χ0n) is 13.5. The lowest BCUT2D eigenvalue weighted by Crippen LogP contribution is -2.31. The van der Waals surface area contributed by atoms with E-state index in [4.69, 9.17) is 5.73 Å². The number of imidazole rings is 1. The van der Waals surface area contributed by atoms with E-state index >= 15 is 0 Å². The van der Waals surface area contributed by atoms with E-state index in [1.54, 1.807) is 12.3 Å². The van der Waals surface area contributed by atoms with Crippen LogP contribution in [0, 0.1) is 5.82 Å². The Bertz CT molecular complexity index is 1160. The fraction of sp³-hybridized carbons (Fsp3) is 0.0556. The van der Waals surface area contributed by atoms with Crippen molar-refractivity contribution in [2.45, 2.75) is 6.17 Å². The lowest BCUT2D eigenvalue weighted by atomic mass is 10.1. The molecule has 5 rings (SSSR count). The molecule has 128 valence electrons. The van der Waals surface area contributed by atoms with E-state index in [0.29, 0.717) is 17.2 Å². The Morgan fingerprint density at radius 1 is 1.12 bits per heavy atom. The van der Waals surface area contributed by atoms with Gasteiger partial charge < -0.3 is 5.73 Å². The monoisotopic (exact) mass is 347 g/mol. The highest BCUT2D eigenvalue weighted by Crippen LogP contribution is 2.36. The van der Waals surface area contributed by atoms with Gasteiger partial charge >= 0.3 is 0 Å². The number of nitrogens with two attached hydrogens (primary N) is 1. The molecule has 0 radical (unpaired) electrons. The van der Waals surface area contributed by atoms with E-state index < -0.39 is 6.17 Å². The van der Waals surface area contributed by atoms with Crippen LogP contribution in [0.15, 0.2) is 59.7 Å². The van der Waals surface area contributed by atoms with E-state index in [-0.39, 0.29) is 11.8 Å². The summed E-state index contributed by atoms with van der Waals surface area (Å²) in [6, 6.07) is 14.1. The zero-order valence-corrected chi connectivity index (χ0v) is 13.5. The highest BCUT2D eigenvalue weighted by atomic mass is 19.1. The van der Waals surface area contributed by atoms with Crippen molar-refractivity contribution in [3.8, 4) is 11.3 Å². The number of hydrogen-bond donors (Lipinski definition) is 3. The molecule has 2 aromatic carbocycles. The third kappa shape index (κ3) is 2.16. The normalized spacial score (nSPS) is 16.2. The molecule has 4 N–H and O–H groups in total. The van der Waals surface area contributed by atoms with Crippen molar-refractivity contribution < 1.29 is 4.39 Å². The van der Waals surface area contributed by atoms with Gasteiger partial charge in [0.05, 0.1) is 22.9 Å². The molecule has 0 amide bonds. The number of nitrogens with one attached hydrogen (secondary N) is 2. The second-order valence-corrected chi connectivity index (χ2v) is 6.02. The van der Waals surface area contributed by atoms with E-state index in [0.717, 1.165) is 16.6 Å². The topological polar surface area (TPSA) is 96.9 Å². The van der Waals surface area contributed by atoms with Crippen molar-refractivity contribution in [2.75, 3.05) is 5.32 Å². The molecular formula is C18H14FN7. The van der Waals surface area contributed by atoms with Crippen molar-refractivity contribution in [1.82, 2.24) is 19.7 Å². The Morgan fingerprint density at radius 2 is 2.00 bits per heavy atom. The number of aromatic nitrogens is 4. The summed E-state index contributed by atoms with van der Waals surface area (Å²) in [5.74, 6) is 0.560. The molecular weight excluding hydrogens is 333 g/mol. The summed E-state index contributed by atoms with van der Waals surface area (Å²) < 4.78 is 15.6. The smallest absolute Gasteiger partial charge is 0.212 e. The molecule has 1 aliphatic rings. The summed E-state index contributed by atoms with van der Waals surface area (Å²) in [6.45, 7) is 0. The number of halogens is 1. The molecule has 7 nitrogen and oxygen atoms in total. The van der Waals surface area contributed by atoms with Gasteiger partial charge in [-0.1, -0.05) is 24.3 Å². The maximum atomic E-state index is 13.7. The molecule has 0 spiro atoms. The Labute approximate surface area is 147 Å². The first-order valence-electron chi connectivity index (χ1n) is 8.07. The number of rotatable bonds is 2. The highest BCUT2D eigenvalue weighted by Gasteiger charge is 2.28. The predicted octanol–water partition coefficient (Wildman–Crippen LogP) is 2.85. The third-order valence-corrected chi connectivity index (χ3v) is 4.40. The number of H-pyrrole nitrogens is 1. The van der Waals surface area contributed by atoms with Crippen LogP contribution in [-0.2, 0) is 0 Å². The molecule has 0 saturated carbocycles. The molecule has 4 aromatic rings. The first kappa shape index (κ1) is 14.6. The predicted molar refractivity (Wildman–Crippen MR) is 97.1 cm³/mol. The summed E-state index contributed by atoms with van der Waals surface area (Å²) >= 11 is 0. The van der Waals surface area contributed by atoms with Crippen LogP contribution in [-0.4, -0.2) is 25.7 Å². The summed E-state index contributed by atoms with van der Waals surface area (Å²) in [6.07, 6.45) is 1.22. The average molecular weight is 347 g/mol. The van der Waals surface area contributed by atoms with Crippen LogP contribution in [0.5, 0.6) is 0 Å². The fourth-order valence-corrected chi connectivity index (χ4v) is 3.29. The quantitative estimate of drug-likeness (QED) is 0.519. The Kier molecular flexibility index (Phi) is 3.05. The maximum absolute atomic E-state index is 13.7. The number of nitrogens with zero attached hydrogens (tertiary/aromatic N) is 4. The van der Waals surface area contributed by atoms with E-state index in [1.807, 2.05) is 34.9 Å². The second kappa shape index (κ2) is 5.41. The lowest BCUT2D eigenvalue weighted by molar-refractivity contribution is 0.624. The van der Waals surface area contributed by atoms with Crippen LogP contribution < -0.4 is 11.1 Å². The van der Waals surface area contributed by atoms with Gasteiger partial charge in [-0.15, -0.1) is 0 Å². The summed E-state index contributed by atoms with van der Waals surface area (Å²) in [7, 11) is 0. The number of guanidine groups is 1. The van der Waals surface area contributed by atoms with Crippen LogP contribution in [0.2, 0.25) is 0 Å². The molecule has 0 bridgehead atoms. The standard InChI is InChI=1S/C18H14FN7/c19-11-5-3-4-10(8-11)15-12(9-21-25-15)16-23-17(20)24-18-22-13-6-1-2-7-14(13)26(16)18/h1-9,16H,(H,21,25)(H3,20,22,23,24)/t16-/m1/s1. The number of anilines is 1. The number of para-hydroxylation sites is 2. The van der Waals surface area contributed by atoms with Gasteiger partial charge in [0.1, 0.15) is 5.82 Å². The van der Waals surface area contributed by atoms with Gasteiger partial charge in [-0.3, -0.25) is 15.0 Å². The van der Waals surface area contributed by atoms with E-state index in [1.165, 1.54) is 12.1 Å². The van der Waals surface area contributed by atoms with Gasteiger partial charge in [-0.05, 0) is 24.3 Å². The van der Waals surface area contributed by atoms with E-state index in [2.05, 4.69) is 25.5 Å². The van der Waals surface area contributed by atoms with E-state index in [9.17, 15) is 4.39 Å². The van der Waals surface area contributed by atoms with Crippen molar-refractivity contribution in [2.24, 2.45) is 10.7 Å². The average Bonchev–Trinajstić information content (AvgIpc) is 3.25. The highest BCUT2D eigenvalue weighted by molar-refractivity contribution is 5.94. The van der Waals surface area contributed by atoms with Gasteiger partial charge in [0.2, 0.25) is 5.95 Å². The Hall–Kier alpha value is -3.68. The van der Waals surface area contributed by atoms with Gasteiger partial charge in [-0.25, -0.2) is 14.4 Å². The fourth-order valence-electron chi connectivity index (χ4n) is 3.29. The minimum atomic E-state index is -0.462. The first-order chi connectivity index (χ1) is 12.7. The molecule has 1 aliphatic heterocycles. The van der Waals surface area contributed by atoms with Crippen molar-refractivity contribution >= 4 is 22.9 Å².